The zero-order valence-electron chi connectivity index (χ0n) is 16.4. The van der Waals surface area contributed by atoms with Crippen molar-refractivity contribution in [3.63, 3.8) is 0 Å². The summed E-state index contributed by atoms with van der Waals surface area (Å²) in [6.45, 7) is 5.28. The molecule has 0 bridgehead atoms. The molecule has 1 aromatic carbocycles. The molecule has 3 aromatic rings. The van der Waals surface area contributed by atoms with Crippen molar-refractivity contribution in [2.45, 2.75) is 12.8 Å². The van der Waals surface area contributed by atoms with Gasteiger partial charge in [0.25, 0.3) is 0 Å². The first-order chi connectivity index (χ1) is 14.3. The van der Waals surface area contributed by atoms with Crippen molar-refractivity contribution in [1.82, 2.24) is 15.3 Å². The molecule has 0 amide bonds. The monoisotopic (exact) mass is 387 g/mol. The van der Waals surface area contributed by atoms with Gasteiger partial charge in [-0.2, -0.15) is 5.26 Å². The average Bonchev–Trinajstić information content (AvgIpc) is 3.46. The molecule has 2 saturated heterocycles. The van der Waals surface area contributed by atoms with E-state index >= 15 is 0 Å². The van der Waals surface area contributed by atoms with Crippen LogP contribution in [0.4, 0.5) is 5.82 Å². The Labute approximate surface area is 170 Å². The fraction of sp³-hybridized carbons (Fsp3) is 0.391. The molecule has 2 N–H and O–H groups in total. The number of nitriles is 1. The standard InChI is InChI=1S/C23H25N5O/c24-14-16-1-3-18(4-2-16)21-19(13-17-5-7-25-15-17)22-20(6-8-26-22)27-23(21)28-9-11-29-12-10-28/h1-4,6,8,17,25-26H,5,7,9-13,15H2/t17-/m0/s1. The Kier molecular flexibility index (Phi) is 4.92. The fourth-order valence-electron chi connectivity index (χ4n) is 4.53. The minimum Gasteiger partial charge on any atom is -0.378 e. The predicted molar refractivity (Wildman–Crippen MR) is 114 cm³/mol. The Morgan fingerprint density at radius 2 is 2.00 bits per heavy atom. The summed E-state index contributed by atoms with van der Waals surface area (Å²) in [4.78, 5) is 10.9. The molecule has 6 nitrogen and oxygen atoms in total. The summed E-state index contributed by atoms with van der Waals surface area (Å²) < 4.78 is 5.59. The molecule has 2 aliphatic heterocycles. The number of nitrogens with one attached hydrogen (secondary N) is 2. The van der Waals surface area contributed by atoms with Crippen LogP contribution in [0.5, 0.6) is 0 Å². The van der Waals surface area contributed by atoms with E-state index < -0.39 is 0 Å². The lowest BCUT2D eigenvalue weighted by Gasteiger charge is -2.31. The third kappa shape index (κ3) is 3.48. The number of fused-ring (bicyclic) bond motifs is 1. The highest BCUT2D eigenvalue weighted by Crippen LogP contribution is 2.39. The van der Waals surface area contributed by atoms with Gasteiger partial charge in [0, 0.05) is 24.8 Å². The van der Waals surface area contributed by atoms with Gasteiger partial charge in [-0.3, -0.25) is 0 Å². The number of morpholine rings is 1. The van der Waals surface area contributed by atoms with Crippen LogP contribution in [-0.4, -0.2) is 49.4 Å². The summed E-state index contributed by atoms with van der Waals surface area (Å²) in [6.07, 6.45) is 4.20. The van der Waals surface area contributed by atoms with Crippen molar-refractivity contribution in [1.29, 1.82) is 5.26 Å². The van der Waals surface area contributed by atoms with Crippen molar-refractivity contribution in [2.75, 3.05) is 44.3 Å². The van der Waals surface area contributed by atoms with Crippen LogP contribution in [0.15, 0.2) is 36.5 Å². The molecule has 0 spiro atoms. The molecular formula is C23H25N5O. The van der Waals surface area contributed by atoms with Crippen LogP contribution in [0.1, 0.15) is 17.5 Å². The predicted octanol–water partition coefficient (Wildman–Crippen LogP) is 3.09. The second kappa shape index (κ2) is 7.86. The van der Waals surface area contributed by atoms with Crippen LogP contribution in [0.2, 0.25) is 0 Å². The average molecular weight is 387 g/mol. The van der Waals surface area contributed by atoms with Gasteiger partial charge in [-0.15, -0.1) is 0 Å². The quantitative estimate of drug-likeness (QED) is 0.719. The van der Waals surface area contributed by atoms with Crippen LogP contribution in [0, 0.1) is 17.2 Å². The van der Waals surface area contributed by atoms with Gasteiger partial charge in [-0.05, 0) is 61.2 Å². The molecule has 6 heteroatoms. The number of benzene rings is 1. The zero-order chi connectivity index (χ0) is 19.6. The number of aromatic amines is 1. The van der Waals surface area contributed by atoms with Gasteiger partial charge in [0.1, 0.15) is 5.82 Å². The van der Waals surface area contributed by atoms with E-state index in [-0.39, 0.29) is 0 Å². The smallest absolute Gasteiger partial charge is 0.137 e. The lowest BCUT2D eigenvalue weighted by atomic mass is 9.90. The van der Waals surface area contributed by atoms with Crippen LogP contribution in [-0.2, 0) is 11.2 Å². The summed E-state index contributed by atoms with van der Waals surface area (Å²) in [5, 5.41) is 12.7. The molecule has 5 rings (SSSR count). The van der Waals surface area contributed by atoms with E-state index in [0.717, 1.165) is 68.2 Å². The van der Waals surface area contributed by atoms with Crippen molar-refractivity contribution in [3.05, 3.63) is 47.7 Å². The van der Waals surface area contributed by atoms with Gasteiger partial charge >= 0.3 is 0 Å². The van der Waals surface area contributed by atoms with E-state index in [1.165, 1.54) is 17.5 Å². The van der Waals surface area contributed by atoms with E-state index in [1.807, 2.05) is 18.3 Å². The molecule has 2 aromatic heterocycles. The van der Waals surface area contributed by atoms with Crippen molar-refractivity contribution >= 4 is 16.9 Å². The van der Waals surface area contributed by atoms with E-state index in [2.05, 4.69) is 39.5 Å². The first-order valence-electron chi connectivity index (χ1n) is 10.4. The minimum atomic E-state index is 0.624. The Bertz CT molecular complexity index is 1040. The van der Waals surface area contributed by atoms with Crippen molar-refractivity contribution in [2.24, 2.45) is 5.92 Å². The van der Waals surface area contributed by atoms with Gasteiger partial charge in [0.15, 0.2) is 0 Å². The number of pyridine rings is 1. The van der Waals surface area contributed by atoms with E-state index in [9.17, 15) is 5.26 Å². The van der Waals surface area contributed by atoms with Crippen LogP contribution in [0.3, 0.4) is 0 Å². The normalized spacial score (nSPS) is 19.6. The zero-order valence-corrected chi connectivity index (χ0v) is 16.4. The molecule has 0 saturated carbocycles. The van der Waals surface area contributed by atoms with Crippen molar-refractivity contribution in [3.8, 4) is 17.2 Å². The summed E-state index contributed by atoms with van der Waals surface area (Å²) in [5.74, 6) is 1.66. The number of H-pyrrole nitrogens is 1. The van der Waals surface area contributed by atoms with Crippen LogP contribution < -0.4 is 10.2 Å². The molecular weight excluding hydrogens is 362 g/mol. The molecule has 148 valence electrons. The summed E-state index contributed by atoms with van der Waals surface area (Å²) in [6, 6.07) is 12.2. The second-order valence-electron chi connectivity index (χ2n) is 7.88. The SMILES string of the molecule is N#Cc1ccc(-c2c(N3CCOCC3)nc3cc[nH]c3c2C[C@@H]2CCNC2)cc1. The maximum Gasteiger partial charge on any atom is 0.137 e. The first kappa shape index (κ1) is 18.2. The third-order valence-corrected chi connectivity index (χ3v) is 6.05. The molecule has 4 heterocycles. The van der Waals surface area contributed by atoms with Gasteiger partial charge in [0.2, 0.25) is 0 Å². The van der Waals surface area contributed by atoms with Gasteiger partial charge in [0.05, 0.1) is 35.9 Å². The topological polar surface area (TPSA) is 77.0 Å². The molecule has 0 aliphatic carbocycles. The highest BCUT2D eigenvalue weighted by molar-refractivity contribution is 5.92. The van der Waals surface area contributed by atoms with Gasteiger partial charge < -0.3 is 19.9 Å². The number of hydrogen-bond acceptors (Lipinski definition) is 5. The van der Waals surface area contributed by atoms with Gasteiger partial charge in [-0.25, -0.2) is 4.98 Å². The molecule has 2 fully saturated rings. The summed E-state index contributed by atoms with van der Waals surface area (Å²) in [5.41, 5.74) is 6.48. The highest BCUT2D eigenvalue weighted by atomic mass is 16.5. The van der Waals surface area contributed by atoms with E-state index in [4.69, 9.17) is 9.72 Å². The fourth-order valence-corrected chi connectivity index (χ4v) is 4.53. The second-order valence-corrected chi connectivity index (χ2v) is 7.88. The number of rotatable bonds is 4. The molecule has 0 radical (unpaired) electrons. The third-order valence-electron chi connectivity index (χ3n) is 6.05. The Balaban J connectivity index is 1.71. The van der Waals surface area contributed by atoms with Gasteiger partial charge in [-0.1, -0.05) is 12.1 Å². The molecule has 29 heavy (non-hydrogen) atoms. The molecule has 1 atom stereocenters. The first-order valence-corrected chi connectivity index (χ1v) is 10.4. The molecule has 0 unspecified atom stereocenters. The number of hydrogen-bond donors (Lipinski definition) is 2. The number of ether oxygens (including phenoxy) is 1. The lowest BCUT2D eigenvalue weighted by Crippen LogP contribution is -2.37. The molecule has 2 aliphatic rings. The van der Waals surface area contributed by atoms with Crippen LogP contribution in [0.25, 0.3) is 22.2 Å². The Hall–Kier alpha value is -2.88. The Morgan fingerprint density at radius 1 is 1.17 bits per heavy atom. The van der Waals surface area contributed by atoms with E-state index in [0.29, 0.717) is 11.5 Å². The minimum absolute atomic E-state index is 0.624. The number of aromatic nitrogens is 2. The highest BCUT2D eigenvalue weighted by Gasteiger charge is 2.25. The number of nitrogens with zero attached hydrogens (tertiary/aromatic N) is 3. The maximum absolute atomic E-state index is 9.22. The summed E-state index contributed by atoms with van der Waals surface area (Å²) in [7, 11) is 0. The maximum atomic E-state index is 9.22. The Morgan fingerprint density at radius 3 is 2.72 bits per heavy atom. The van der Waals surface area contributed by atoms with Crippen molar-refractivity contribution < 1.29 is 4.74 Å². The van der Waals surface area contributed by atoms with Crippen LogP contribution >= 0.6 is 0 Å². The largest absolute Gasteiger partial charge is 0.378 e. The lowest BCUT2D eigenvalue weighted by molar-refractivity contribution is 0.122. The summed E-state index contributed by atoms with van der Waals surface area (Å²) >= 11 is 0. The van der Waals surface area contributed by atoms with E-state index in [1.54, 1.807) is 0 Å². The number of anilines is 1.